The van der Waals surface area contributed by atoms with Gasteiger partial charge in [-0.25, -0.2) is 4.79 Å². The topological polar surface area (TPSA) is 111 Å². The highest BCUT2D eigenvalue weighted by Crippen LogP contribution is 2.29. The maximum atomic E-state index is 12.2. The van der Waals surface area contributed by atoms with E-state index in [0.29, 0.717) is 17.2 Å². The van der Waals surface area contributed by atoms with Gasteiger partial charge >= 0.3 is 5.97 Å². The number of carbonyl (C=O) groups excluding carboxylic acids is 4. The summed E-state index contributed by atoms with van der Waals surface area (Å²) in [5, 5.41) is 2.58. The van der Waals surface area contributed by atoms with Crippen molar-refractivity contribution in [2.75, 3.05) is 33.2 Å². The first kappa shape index (κ1) is 19.9. The number of nitrogens with zero attached hydrogens (tertiary/aromatic N) is 1. The third-order valence-electron chi connectivity index (χ3n) is 4.34. The van der Waals surface area contributed by atoms with Gasteiger partial charge in [0.15, 0.2) is 6.61 Å². The second kappa shape index (κ2) is 8.01. The van der Waals surface area contributed by atoms with Crippen LogP contribution in [-0.4, -0.2) is 56.5 Å². The summed E-state index contributed by atoms with van der Waals surface area (Å²) < 4.78 is 15.3. The second-order valence-electron chi connectivity index (χ2n) is 6.12. The zero-order chi connectivity index (χ0) is 21.1. The molecule has 1 N–H and O–H groups in total. The van der Waals surface area contributed by atoms with Crippen LogP contribution in [-0.2, 0) is 9.53 Å². The largest absolute Gasteiger partial charge is 0.497 e. The van der Waals surface area contributed by atoms with Crippen LogP contribution in [0, 0.1) is 0 Å². The number of ether oxygens (including phenoxy) is 3. The van der Waals surface area contributed by atoms with Crippen LogP contribution < -0.4 is 14.8 Å². The Labute approximate surface area is 166 Å². The smallest absolute Gasteiger partial charge is 0.338 e. The van der Waals surface area contributed by atoms with E-state index in [0.717, 1.165) is 4.90 Å². The van der Waals surface area contributed by atoms with E-state index >= 15 is 0 Å². The quantitative estimate of drug-likeness (QED) is 0.583. The number of benzene rings is 2. The van der Waals surface area contributed by atoms with E-state index in [9.17, 15) is 19.2 Å². The van der Waals surface area contributed by atoms with Crippen molar-refractivity contribution in [1.82, 2.24) is 4.90 Å². The summed E-state index contributed by atoms with van der Waals surface area (Å²) in [5.41, 5.74) is 0.798. The Bertz CT molecular complexity index is 1020. The van der Waals surface area contributed by atoms with Crippen molar-refractivity contribution in [3.63, 3.8) is 0 Å². The molecule has 2 aromatic rings. The van der Waals surface area contributed by atoms with Gasteiger partial charge in [0.2, 0.25) is 0 Å². The summed E-state index contributed by atoms with van der Waals surface area (Å²) in [6.07, 6.45) is 0. The van der Waals surface area contributed by atoms with E-state index in [1.807, 2.05) is 0 Å². The summed E-state index contributed by atoms with van der Waals surface area (Å²) in [5.74, 6) is -1.35. The molecule has 1 aliphatic heterocycles. The van der Waals surface area contributed by atoms with E-state index in [1.165, 1.54) is 39.5 Å². The summed E-state index contributed by atoms with van der Waals surface area (Å²) in [4.78, 5) is 49.2. The van der Waals surface area contributed by atoms with E-state index in [1.54, 1.807) is 18.2 Å². The van der Waals surface area contributed by atoms with Gasteiger partial charge in [-0.1, -0.05) is 0 Å². The van der Waals surface area contributed by atoms with Gasteiger partial charge in [-0.05, 0) is 30.3 Å². The predicted octanol–water partition coefficient (Wildman–Crippen LogP) is 1.73. The van der Waals surface area contributed by atoms with Gasteiger partial charge in [-0.3, -0.25) is 19.3 Å². The highest BCUT2D eigenvalue weighted by molar-refractivity contribution is 6.21. The molecule has 0 aliphatic carbocycles. The molecule has 3 amide bonds. The lowest BCUT2D eigenvalue weighted by molar-refractivity contribution is -0.119. The first-order valence-corrected chi connectivity index (χ1v) is 8.51. The maximum absolute atomic E-state index is 12.2. The predicted molar refractivity (Wildman–Crippen MR) is 101 cm³/mol. The van der Waals surface area contributed by atoms with Crippen LogP contribution in [0.2, 0.25) is 0 Å². The van der Waals surface area contributed by atoms with E-state index < -0.39 is 30.3 Å². The summed E-state index contributed by atoms with van der Waals surface area (Å²) in [6, 6.07) is 8.88. The molecule has 1 heterocycles. The second-order valence-corrected chi connectivity index (χ2v) is 6.12. The van der Waals surface area contributed by atoms with Crippen molar-refractivity contribution in [3.8, 4) is 11.5 Å². The van der Waals surface area contributed by atoms with Gasteiger partial charge in [-0.2, -0.15) is 0 Å². The molecule has 0 spiro atoms. The number of nitrogens with one attached hydrogen (secondary N) is 1. The van der Waals surface area contributed by atoms with Crippen molar-refractivity contribution >= 4 is 29.4 Å². The highest BCUT2D eigenvalue weighted by Gasteiger charge is 2.33. The zero-order valence-electron chi connectivity index (χ0n) is 16.0. The molecule has 0 saturated heterocycles. The molecule has 29 heavy (non-hydrogen) atoms. The van der Waals surface area contributed by atoms with Gasteiger partial charge in [0.25, 0.3) is 17.7 Å². The van der Waals surface area contributed by atoms with Crippen LogP contribution in [0.1, 0.15) is 31.1 Å². The van der Waals surface area contributed by atoms with Crippen molar-refractivity contribution in [2.24, 2.45) is 0 Å². The minimum atomic E-state index is -0.792. The molecule has 0 bridgehead atoms. The van der Waals surface area contributed by atoms with Crippen LogP contribution in [0.15, 0.2) is 36.4 Å². The fraction of sp³-hybridized carbons (Fsp3) is 0.200. The van der Waals surface area contributed by atoms with Crippen molar-refractivity contribution in [1.29, 1.82) is 0 Å². The Kier molecular flexibility index (Phi) is 5.49. The standard InChI is InChI=1S/C20H18N2O7/c1-22-18(24)13-6-4-11(8-14(13)19(22)25)20(26)29-10-17(23)21-15-7-5-12(27-2)9-16(15)28-3/h4-9H,10H2,1-3H3,(H,21,23). The molecule has 9 heteroatoms. The Morgan fingerprint density at radius 1 is 0.966 bits per heavy atom. The average molecular weight is 398 g/mol. The SMILES string of the molecule is COc1ccc(NC(=O)COC(=O)c2ccc3c(c2)C(=O)N(C)C3=O)c(OC)c1. The van der Waals surface area contributed by atoms with Crippen LogP contribution in [0.25, 0.3) is 0 Å². The monoisotopic (exact) mass is 398 g/mol. The number of amides is 3. The molecule has 0 unspecified atom stereocenters. The number of fused-ring (bicyclic) bond motifs is 1. The van der Waals surface area contributed by atoms with E-state index in [-0.39, 0.29) is 16.7 Å². The molecule has 0 radical (unpaired) electrons. The third-order valence-corrected chi connectivity index (χ3v) is 4.34. The van der Waals surface area contributed by atoms with Crippen molar-refractivity contribution in [2.45, 2.75) is 0 Å². The third kappa shape index (κ3) is 3.88. The Balaban J connectivity index is 1.64. The van der Waals surface area contributed by atoms with Crippen LogP contribution >= 0.6 is 0 Å². The Morgan fingerprint density at radius 2 is 1.69 bits per heavy atom. The lowest BCUT2D eigenvalue weighted by Crippen LogP contribution is -2.24. The van der Waals surface area contributed by atoms with Crippen molar-refractivity contribution < 1.29 is 33.4 Å². The van der Waals surface area contributed by atoms with Crippen molar-refractivity contribution in [3.05, 3.63) is 53.1 Å². The van der Waals surface area contributed by atoms with Gasteiger partial charge < -0.3 is 19.5 Å². The normalized spacial score (nSPS) is 12.4. The maximum Gasteiger partial charge on any atom is 0.338 e. The number of anilines is 1. The molecule has 1 aliphatic rings. The van der Waals surface area contributed by atoms with Gasteiger partial charge in [-0.15, -0.1) is 0 Å². The molecule has 0 aromatic heterocycles. The van der Waals surface area contributed by atoms with Gasteiger partial charge in [0.1, 0.15) is 11.5 Å². The molecule has 0 saturated carbocycles. The zero-order valence-corrected chi connectivity index (χ0v) is 16.0. The molecule has 0 fully saturated rings. The van der Waals surface area contributed by atoms with Crippen LogP contribution in [0.5, 0.6) is 11.5 Å². The average Bonchev–Trinajstić information content (AvgIpc) is 2.95. The lowest BCUT2D eigenvalue weighted by Gasteiger charge is -2.12. The molecule has 0 atom stereocenters. The molecular formula is C20H18N2O7. The number of hydrogen-bond donors (Lipinski definition) is 1. The summed E-state index contributed by atoms with van der Waals surface area (Å²) >= 11 is 0. The fourth-order valence-corrected chi connectivity index (χ4v) is 2.79. The Hall–Kier alpha value is -3.88. The molecule has 2 aromatic carbocycles. The number of esters is 1. The molecular weight excluding hydrogens is 380 g/mol. The first-order valence-electron chi connectivity index (χ1n) is 8.51. The Morgan fingerprint density at radius 3 is 2.38 bits per heavy atom. The minimum absolute atomic E-state index is 0.0648. The summed E-state index contributed by atoms with van der Waals surface area (Å²) in [7, 11) is 4.31. The number of imide groups is 1. The summed E-state index contributed by atoms with van der Waals surface area (Å²) in [6.45, 7) is -0.544. The number of rotatable bonds is 6. The first-order chi connectivity index (χ1) is 13.8. The van der Waals surface area contributed by atoms with E-state index in [2.05, 4.69) is 5.32 Å². The molecule has 9 nitrogen and oxygen atoms in total. The minimum Gasteiger partial charge on any atom is -0.497 e. The number of hydrogen-bond acceptors (Lipinski definition) is 7. The van der Waals surface area contributed by atoms with Gasteiger partial charge in [0.05, 0.1) is 36.6 Å². The lowest BCUT2D eigenvalue weighted by atomic mass is 10.1. The highest BCUT2D eigenvalue weighted by atomic mass is 16.5. The molecule has 150 valence electrons. The number of carbonyl (C=O) groups is 4. The van der Waals surface area contributed by atoms with Crippen LogP contribution in [0.4, 0.5) is 5.69 Å². The molecule has 3 rings (SSSR count). The number of methoxy groups -OCH3 is 2. The van der Waals surface area contributed by atoms with E-state index in [4.69, 9.17) is 14.2 Å². The van der Waals surface area contributed by atoms with Crippen LogP contribution in [0.3, 0.4) is 0 Å². The van der Waals surface area contributed by atoms with Gasteiger partial charge in [0, 0.05) is 13.1 Å². The fourth-order valence-electron chi connectivity index (χ4n) is 2.79.